The minimum absolute atomic E-state index is 0.0787. The molecule has 0 bridgehead atoms. The molecule has 0 atom stereocenters. The maximum atomic E-state index is 11.4. The topological polar surface area (TPSA) is 32.3 Å². The highest BCUT2D eigenvalue weighted by atomic mass is 16.1. The van der Waals surface area contributed by atoms with Crippen LogP contribution in [0.5, 0.6) is 0 Å². The number of anilines is 2. The Morgan fingerprint density at radius 2 is 1.74 bits per heavy atom. The molecule has 19 heavy (non-hydrogen) atoms. The van der Waals surface area contributed by atoms with Gasteiger partial charge < -0.3 is 10.2 Å². The number of benzene rings is 1. The molecule has 0 spiro atoms. The summed E-state index contributed by atoms with van der Waals surface area (Å²) < 4.78 is 0. The second-order valence-corrected chi connectivity index (χ2v) is 4.94. The van der Waals surface area contributed by atoms with E-state index in [0.717, 1.165) is 18.8 Å². The number of hydrogen-bond acceptors (Lipinski definition) is 2. The average molecular weight is 258 g/mol. The third-order valence-electron chi connectivity index (χ3n) is 3.42. The van der Waals surface area contributed by atoms with Crippen LogP contribution in [0.4, 0.5) is 11.4 Å². The van der Waals surface area contributed by atoms with Crippen LogP contribution in [0.3, 0.4) is 0 Å². The van der Waals surface area contributed by atoms with Crippen molar-refractivity contribution in [1.29, 1.82) is 0 Å². The Balaban J connectivity index is 1.99. The Bertz CT molecular complexity index is 429. The summed E-state index contributed by atoms with van der Waals surface area (Å²) in [6.07, 6.45) is 8.51. The lowest BCUT2D eigenvalue weighted by Gasteiger charge is -2.22. The smallest absolute Gasteiger partial charge is 0.248 e. The van der Waals surface area contributed by atoms with E-state index in [1.165, 1.54) is 37.4 Å². The van der Waals surface area contributed by atoms with Gasteiger partial charge >= 0.3 is 0 Å². The molecule has 1 amide bonds. The van der Waals surface area contributed by atoms with Crippen LogP contribution in [0.15, 0.2) is 36.4 Å². The monoisotopic (exact) mass is 258 g/mol. The van der Waals surface area contributed by atoms with E-state index in [4.69, 9.17) is 0 Å². The van der Waals surface area contributed by atoms with Gasteiger partial charge in [0.05, 0.1) is 0 Å². The molecule has 1 aliphatic rings. The SMILES string of the molecule is CC=CC(=O)Nc1ccc(N2CCCCCC2)cc1. The zero-order valence-corrected chi connectivity index (χ0v) is 11.6. The van der Waals surface area contributed by atoms with E-state index >= 15 is 0 Å². The molecular formula is C16H22N2O. The van der Waals surface area contributed by atoms with Crippen molar-refractivity contribution in [2.75, 3.05) is 23.3 Å². The maximum absolute atomic E-state index is 11.4. The number of allylic oxidation sites excluding steroid dienone is 1. The van der Waals surface area contributed by atoms with Gasteiger partial charge in [0.2, 0.25) is 5.91 Å². The van der Waals surface area contributed by atoms with Crippen LogP contribution in [0, 0.1) is 0 Å². The second-order valence-electron chi connectivity index (χ2n) is 4.94. The lowest BCUT2D eigenvalue weighted by atomic mass is 10.2. The third kappa shape index (κ3) is 4.12. The minimum Gasteiger partial charge on any atom is -0.372 e. The fourth-order valence-electron chi connectivity index (χ4n) is 2.42. The molecule has 1 aromatic rings. The van der Waals surface area contributed by atoms with E-state index < -0.39 is 0 Å². The number of carbonyl (C=O) groups is 1. The molecule has 2 rings (SSSR count). The van der Waals surface area contributed by atoms with E-state index in [9.17, 15) is 4.79 Å². The molecule has 1 N–H and O–H groups in total. The van der Waals surface area contributed by atoms with Crippen LogP contribution in [0.1, 0.15) is 32.6 Å². The zero-order valence-electron chi connectivity index (χ0n) is 11.6. The fraction of sp³-hybridized carbons (Fsp3) is 0.438. The average Bonchev–Trinajstić information content (AvgIpc) is 2.69. The van der Waals surface area contributed by atoms with Crippen molar-refractivity contribution in [1.82, 2.24) is 0 Å². The normalized spacial score (nSPS) is 16.4. The molecule has 3 nitrogen and oxygen atoms in total. The highest BCUT2D eigenvalue weighted by Crippen LogP contribution is 2.21. The number of nitrogens with zero attached hydrogens (tertiary/aromatic N) is 1. The van der Waals surface area contributed by atoms with Gasteiger partial charge in [0, 0.05) is 24.5 Å². The Hall–Kier alpha value is -1.77. The van der Waals surface area contributed by atoms with Crippen molar-refractivity contribution in [3.8, 4) is 0 Å². The third-order valence-corrected chi connectivity index (χ3v) is 3.42. The van der Waals surface area contributed by atoms with E-state index in [1.807, 2.05) is 19.1 Å². The highest BCUT2D eigenvalue weighted by Gasteiger charge is 2.09. The number of hydrogen-bond donors (Lipinski definition) is 1. The summed E-state index contributed by atoms with van der Waals surface area (Å²) in [6, 6.07) is 8.14. The van der Waals surface area contributed by atoms with Crippen molar-refractivity contribution in [3.63, 3.8) is 0 Å². The molecule has 1 aromatic carbocycles. The van der Waals surface area contributed by atoms with Gasteiger partial charge in [0.1, 0.15) is 0 Å². The van der Waals surface area contributed by atoms with Crippen molar-refractivity contribution < 1.29 is 4.79 Å². The van der Waals surface area contributed by atoms with Crippen LogP contribution >= 0.6 is 0 Å². The van der Waals surface area contributed by atoms with Crippen LogP contribution < -0.4 is 10.2 Å². The second kappa shape index (κ2) is 6.98. The van der Waals surface area contributed by atoms with Crippen LogP contribution in [0.2, 0.25) is 0 Å². The van der Waals surface area contributed by atoms with Crippen LogP contribution in [-0.4, -0.2) is 19.0 Å². The zero-order chi connectivity index (χ0) is 13.5. The lowest BCUT2D eigenvalue weighted by molar-refractivity contribution is -0.111. The molecule has 0 aliphatic carbocycles. The van der Waals surface area contributed by atoms with E-state index in [-0.39, 0.29) is 5.91 Å². The van der Waals surface area contributed by atoms with Gasteiger partial charge in [-0.3, -0.25) is 4.79 Å². The summed E-state index contributed by atoms with van der Waals surface area (Å²) in [4.78, 5) is 13.9. The Labute approximate surface area is 115 Å². The molecule has 1 aliphatic heterocycles. The van der Waals surface area contributed by atoms with Crippen molar-refractivity contribution >= 4 is 17.3 Å². The number of carbonyl (C=O) groups excluding carboxylic acids is 1. The molecule has 1 heterocycles. The summed E-state index contributed by atoms with van der Waals surface area (Å²) >= 11 is 0. The predicted molar refractivity (Wildman–Crippen MR) is 80.6 cm³/mol. The van der Waals surface area contributed by atoms with Gasteiger partial charge in [-0.05, 0) is 50.1 Å². The quantitative estimate of drug-likeness (QED) is 0.840. The standard InChI is InChI=1S/C16H22N2O/c1-2-7-16(19)17-14-8-10-15(11-9-14)18-12-5-3-4-6-13-18/h2,7-11H,3-6,12-13H2,1H3,(H,17,19). The predicted octanol–water partition coefficient (Wildman–Crippen LogP) is 3.58. The van der Waals surface area contributed by atoms with Gasteiger partial charge in [-0.15, -0.1) is 0 Å². The Morgan fingerprint density at radius 1 is 1.11 bits per heavy atom. The summed E-state index contributed by atoms with van der Waals surface area (Å²) in [5, 5.41) is 2.84. The fourth-order valence-corrected chi connectivity index (χ4v) is 2.42. The van der Waals surface area contributed by atoms with Crippen molar-refractivity contribution in [3.05, 3.63) is 36.4 Å². The Morgan fingerprint density at radius 3 is 2.32 bits per heavy atom. The minimum atomic E-state index is -0.0787. The van der Waals surface area contributed by atoms with Gasteiger partial charge in [-0.2, -0.15) is 0 Å². The maximum Gasteiger partial charge on any atom is 0.248 e. The molecule has 1 saturated heterocycles. The summed E-state index contributed by atoms with van der Waals surface area (Å²) in [6.45, 7) is 4.12. The molecule has 0 radical (unpaired) electrons. The largest absolute Gasteiger partial charge is 0.372 e. The van der Waals surface area contributed by atoms with Crippen molar-refractivity contribution in [2.45, 2.75) is 32.6 Å². The van der Waals surface area contributed by atoms with E-state index in [2.05, 4.69) is 22.3 Å². The Kier molecular flexibility index (Phi) is 5.01. The molecule has 0 aromatic heterocycles. The molecule has 3 heteroatoms. The number of amides is 1. The lowest BCUT2D eigenvalue weighted by Crippen LogP contribution is -2.23. The van der Waals surface area contributed by atoms with Gasteiger partial charge in [-0.25, -0.2) is 0 Å². The number of nitrogens with one attached hydrogen (secondary N) is 1. The van der Waals surface area contributed by atoms with Crippen LogP contribution in [-0.2, 0) is 4.79 Å². The van der Waals surface area contributed by atoms with Gasteiger partial charge in [-0.1, -0.05) is 18.9 Å². The van der Waals surface area contributed by atoms with E-state index in [0.29, 0.717) is 0 Å². The molecule has 0 saturated carbocycles. The first-order valence-corrected chi connectivity index (χ1v) is 7.08. The molecule has 1 fully saturated rings. The van der Waals surface area contributed by atoms with Crippen LogP contribution in [0.25, 0.3) is 0 Å². The first kappa shape index (κ1) is 13.7. The van der Waals surface area contributed by atoms with Crippen molar-refractivity contribution in [2.24, 2.45) is 0 Å². The summed E-state index contributed by atoms with van der Waals surface area (Å²) in [5.41, 5.74) is 2.10. The summed E-state index contributed by atoms with van der Waals surface area (Å²) in [5.74, 6) is -0.0787. The number of rotatable bonds is 3. The molecule has 0 unspecified atom stereocenters. The van der Waals surface area contributed by atoms with Gasteiger partial charge in [0.25, 0.3) is 0 Å². The first-order valence-electron chi connectivity index (χ1n) is 7.08. The first-order chi connectivity index (χ1) is 9.29. The molecule has 102 valence electrons. The summed E-state index contributed by atoms with van der Waals surface area (Å²) in [7, 11) is 0. The highest BCUT2D eigenvalue weighted by molar-refractivity contribution is 5.99. The molecular weight excluding hydrogens is 236 g/mol. The van der Waals surface area contributed by atoms with Gasteiger partial charge in [0.15, 0.2) is 0 Å². The van der Waals surface area contributed by atoms with E-state index in [1.54, 1.807) is 6.08 Å².